The number of likely N-dealkylation sites (tertiary alicyclic amines) is 1. The van der Waals surface area contributed by atoms with Crippen molar-refractivity contribution in [1.82, 2.24) is 5.32 Å². The predicted molar refractivity (Wildman–Crippen MR) is 87.6 cm³/mol. The van der Waals surface area contributed by atoms with Gasteiger partial charge >= 0.3 is 0 Å². The van der Waals surface area contributed by atoms with Crippen LogP contribution >= 0.6 is 0 Å². The summed E-state index contributed by atoms with van der Waals surface area (Å²) in [5.74, 6) is 4.05. The minimum absolute atomic E-state index is 0.305. The molecular formula is C19H33N2O+. The van der Waals surface area contributed by atoms with E-state index in [2.05, 4.69) is 12.2 Å². The first-order chi connectivity index (χ1) is 10.6. The topological polar surface area (TPSA) is 33.5 Å². The third-order valence-electron chi connectivity index (χ3n) is 7.10. The molecule has 22 heavy (non-hydrogen) atoms. The fraction of sp³-hybridized carbons (Fsp3) is 0.947. The van der Waals surface area contributed by atoms with Crippen LogP contribution in [0, 0.1) is 29.1 Å². The molecule has 1 heterocycles. The summed E-state index contributed by atoms with van der Waals surface area (Å²) < 4.78 is 0. The Hall–Kier alpha value is -0.570. The van der Waals surface area contributed by atoms with Gasteiger partial charge in [0.2, 0.25) is 0 Å². The number of rotatable bonds is 4. The van der Waals surface area contributed by atoms with Crippen molar-refractivity contribution in [2.45, 2.75) is 58.3 Å². The molecule has 0 radical (unpaired) electrons. The standard InChI is InChI=1S/C19H32N2O/c1-14-3-2-4-21(11-14)12-18(22)20-13-19-8-15-5-16(9-19)7-17(6-15)10-19/h14-17H,2-13H2,1H3,(H,20,22)/p+1/t14-,15?,16?,17?,19?/m0/s1. The Morgan fingerprint density at radius 2 is 1.77 bits per heavy atom. The van der Waals surface area contributed by atoms with Crippen molar-refractivity contribution in [3.8, 4) is 0 Å². The first-order valence-corrected chi connectivity index (χ1v) is 9.70. The van der Waals surface area contributed by atoms with Gasteiger partial charge < -0.3 is 10.2 Å². The molecule has 4 aliphatic carbocycles. The zero-order valence-corrected chi connectivity index (χ0v) is 14.2. The number of carbonyl (C=O) groups is 1. The minimum Gasteiger partial charge on any atom is -0.351 e. The van der Waals surface area contributed by atoms with Crippen LogP contribution in [0.2, 0.25) is 0 Å². The number of piperidine rings is 1. The fourth-order valence-electron chi connectivity index (χ4n) is 6.64. The molecule has 4 bridgehead atoms. The summed E-state index contributed by atoms with van der Waals surface area (Å²) in [5.41, 5.74) is 0.481. The third kappa shape index (κ3) is 3.06. The first-order valence-electron chi connectivity index (χ1n) is 9.70. The molecule has 2 N–H and O–H groups in total. The Kier molecular flexibility index (Phi) is 3.96. The molecule has 3 heteroatoms. The predicted octanol–water partition coefficient (Wildman–Crippen LogP) is 1.63. The number of amides is 1. The third-order valence-corrected chi connectivity index (χ3v) is 7.10. The number of nitrogens with one attached hydrogen (secondary N) is 2. The Bertz CT molecular complexity index is 398. The molecular weight excluding hydrogens is 272 g/mol. The molecule has 0 aromatic heterocycles. The SMILES string of the molecule is C[C@H]1CCC[NH+](CC(=O)NCC23CC4CC(CC(C4)C2)C3)C1. The van der Waals surface area contributed by atoms with Crippen molar-refractivity contribution in [2.24, 2.45) is 29.1 Å². The lowest BCUT2D eigenvalue weighted by Crippen LogP contribution is -3.14. The summed E-state index contributed by atoms with van der Waals surface area (Å²) in [6.45, 7) is 6.38. The maximum absolute atomic E-state index is 12.4. The van der Waals surface area contributed by atoms with Crippen molar-refractivity contribution in [3.05, 3.63) is 0 Å². The molecule has 2 atom stereocenters. The Morgan fingerprint density at radius 3 is 2.36 bits per heavy atom. The molecule has 124 valence electrons. The highest BCUT2D eigenvalue weighted by Crippen LogP contribution is 2.59. The highest BCUT2D eigenvalue weighted by molar-refractivity contribution is 5.76. The normalized spacial score (nSPS) is 46.7. The van der Waals surface area contributed by atoms with E-state index < -0.39 is 0 Å². The molecule has 5 fully saturated rings. The molecule has 1 aliphatic heterocycles. The van der Waals surface area contributed by atoms with Gasteiger partial charge in [-0.3, -0.25) is 4.79 Å². The van der Waals surface area contributed by atoms with Crippen LogP contribution in [0.3, 0.4) is 0 Å². The van der Waals surface area contributed by atoms with Gasteiger partial charge in [0.15, 0.2) is 6.54 Å². The van der Waals surface area contributed by atoms with Crippen LogP contribution < -0.4 is 10.2 Å². The van der Waals surface area contributed by atoms with Crippen molar-refractivity contribution < 1.29 is 9.69 Å². The van der Waals surface area contributed by atoms with Crippen molar-refractivity contribution in [1.29, 1.82) is 0 Å². The van der Waals surface area contributed by atoms with E-state index in [1.165, 1.54) is 69.4 Å². The van der Waals surface area contributed by atoms with Crippen LogP contribution in [-0.2, 0) is 4.79 Å². The number of hydrogen-bond acceptors (Lipinski definition) is 1. The molecule has 0 aromatic rings. The average Bonchev–Trinajstić information content (AvgIpc) is 2.44. The largest absolute Gasteiger partial charge is 0.351 e. The van der Waals surface area contributed by atoms with Crippen LogP contribution in [0.4, 0.5) is 0 Å². The summed E-state index contributed by atoms with van der Waals surface area (Å²) in [4.78, 5) is 13.9. The number of carbonyl (C=O) groups excluding carboxylic acids is 1. The smallest absolute Gasteiger partial charge is 0.275 e. The van der Waals surface area contributed by atoms with Crippen molar-refractivity contribution in [3.63, 3.8) is 0 Å². The van der Waals surface area contributed by atoms with E-state index in [0.29, 0.717) is 17.9 Å². The molecule has 1 saturated heterocycles. The van der Waals surface area contributed by atoms with E-state index in [4.69, 9.17) is 0 Å². The Labute approximate surface area is 135 Å². The minimum atomic E-state index is 0.305. The number of quaternary nitrogens is 1. The van der Waals surface area contributed by atoms with Crippen molar-refractivity contribution in [2.75, 3.05) is 26.2 Å². The molecule has 1 unspecified atom stereocenters. The van der Waals surface area contributed by atoms with Crippen molar-refractivity contribution >= 4 is 5.91 Å². The summed E-state index contributed by atoms with van der Waals surface area (Å²) >= 11 is 0. The Morgan fingerprint density at radius 1 is 1.14 bits per heavy atom. The maximum atomic E-state index is 12.4. The maximum Gasteiger partial charge on any atom is 0.275 e. The van der Waals surface area contributed by atoms with Gasteiger partial charge in [-0.25, -0.2) is 0 Å². The molecule has 1 amide bonds. The molecule has 5 aliphatic rings. The van der Waals surface area contributed by atoms with Gasteiger partial charge in [-0.2, -0.15) is 0 Å². The Balaban J connectivity index is 1.28. The summed E-state index contributed by atoms with van der Waals surface area (Å²) in [6.07, 6.45) is 11.3. The lowest BCUT2D eigenvalue weighted by Gasteiger charge is -2.56. The van der Waals surface area contributed by atoms with Gasteiger partial charge in [-0.05, 0) is 74.5 Å². The van der Waals surface area contributed by atoms with Crippen LogP contribution in [0.1, 0.15) is 58.3 Å². The van der Waals surface area contributed by atoms with E-state index in [9.17, 15) is 4.79 Å². The summed E-state index contributed by atoms with van der Waals surface area (Å²) in [5, 5.41) is 3.34. The lowest BCUT2D eigenvalue weighted by atomic mass is 9.49. The van der Waals surface area contributed by atoms with Crippen LogP contribution in [0.15, 0.2) is 0 Å². The second-order valence-corrected chi connectivity index (χ2v) is 9.32. The van der Waals surface area contributed by atoms with Gasteiger partial charge in [0.1, 0.15) is 0 Å². The average molecular weight is 305 g/mol. The fourth-order valence-corrected chi connectivity index (χ4v) is 6.64. The van der Waals surface area contributed by atoms with Gasteiger partial charge in [0.05, 0.1) is 13.1 Å². The molecule has 4 saturated carbocycles. The van der Waals surface area contributed by atoms with Crippen LogP contribution in [0.5, 0.6) is 0 Å². The summed E-state index contributed by atoms with van der Waals surface area (Å²) in [6, 6.07) is 0. The highest BCUT2D eigenvalue weighted by atomic mass is 16.2. The quantitative estimate of drug-likeness (QED) is 0.813. The van der Waals surface area contributed by atoms with E-state index >= 15 is 0 Å². The van der Waals surface area contributed by atoms with Crippen LogP contribution in [0.25, 0.3) is 0 Å². The van der Waals surface area contributed by atoms with E-state index in [-0.39, 0.29) is 0 Å². The van der Waals surface area contributed by atoms with E-state index in [1.54, 1.807) is 0 Å². The van der Waals surface area contributed by atoms with Gasteiger partial charge in [-0.1, -0.05) is 6.92 Å². The second-order valence-electron chi connectivity index (χ2n) is 9.32. The van der Waals surface area contributed by atoms with Gasteiger partial charge in [0, 0.05) is 12.5 Å². The van der Waals surface area contributed by atoms with Gasteiger partial charge in [0.25, 0.3) is 5.91 Å². The molecule has 0 aromatic carbocycles. The van der Waals surface area contributed by atoms with Crippen LogP contribution in [-0.4, -0.2) is 32.1 Å². The highest BCUT2D eigenvalue weighted by Gasteiger charge is 2.50. The number of hydrogen-bond donors (Lipinski definition) is 2. The first kappa shape index (κ1) is 15.0. The molecule has 0 spiro atoms. The van der Waals surface area contributed by atoms with Gasteiger partial charge in [-0.15, -0.1) is 0 Å². The zero-order chi connectivity index (χ0) is 15.2. The van der Waals surface area contributed by atoms with E-state index in [0.717, 1.165) is 30.2 Å². The monoisotopic (exact) mass is 305 g/mol. The van der Waals surface area contributed by atoms with E-state index in [1.807, 2.05) is 0 Å². The zero-order valence-electron chi connectivity index (χ0n) is 14.2. The second kappa shape index (κ2) is 5.81. The molecule has 5 rings (SSSR count). The summed E-state index contributed by atoms with van der Waals surface area (Å²) in [7, 11) is 0. The molecule has 3 nitrogen and oxygen atoms in total. The lowest BCUT2D eigenvalue weighted by molar-refractivity contribution is -0.900.